The Hall–Kier alpha value is -5.56. The van der Waals surface area contributed by atoms with Gasteiger partial charge in [0.2, 0.25) is 11.8 Å². The highest BCUT2D eigenvalue weighted by Crippen LogP contribution is 2.32. The molecule has 13 heteroatoms. The van der Waals surface area contributed by atoms with Crippen LogP contribution in [0.4, 0.5) is 11.4 Å². The fourth-order valence-corrected chi connectivity index (χ4v) is 9.17. The summed E-state index contributed by atoms with van der Waals surface area (Å²) in [4.78, 5) is 61.0. The van der Waals surface area contributed by atoms with Crippen molar-refractivity contribution in [2.45, 2.75) is 57.2 Å². The van der Waals surface area contributed by atoms with Gasteiger partial charge in [-0.1, -0.05) is 12.1 Å². The fourth-order valence-electron chi connectivity index (χ4n) is 9.17. The van der Waals surface area contributed by atoms with Gasteiger partial charge in [0.05, 0.1) is 22.6 Å². The van der Waals surface area contributed by atoms with E-state index in [1.165, 1.54) is 24.1 Å². The number of imidazole rings is 1. The molecule has 0 aliphatic carbocycles. The minimum atomic E-state index is -0.677. The summed E-state index contributed by atoms with van der Waals surface area (Å²) in [6.45, 7) is 9.09. The van der Waals surface area contributed by atoms with Gasteiger partial charge in [0, 0.05) is 94.5 Å². The summed E-state index contributed by atoms with van der Waals surface area (Å²) in [5.41, 5.74) is 8.65. The van der Waals surface area contributed by atoms with Gasteiger partial charge in [-0.15, -0.1) is 0 Å². The maximum atomic E-state index is 13.2. The molecule has 4 N–H and O–H groups in total. The minimum absolute atomic E-state index is 0.00488. The lowest BCUT2D eigenvalue weighted by molar-refractivity contribution is -0.135. The number of hydrogen-bond acceptors (Lipinski definition) is 8. The average Bonchev–Trinajstić information content (AvgIpc) is 3.74. The van der Waals surface area contributed by atoms with Crippen LogP contribution in [0.25, 0.3) is 16.6 Å². The highest BCUT2D eigenvalue weighted by atomic mass is 16.2. The lowest BCUT2D eigenvalue weighted by atomic mass is 9.95. The second-order valence-electron chi connectivity index (χ2n) is 15.9. The van der Waals surface area contributed by atoms with E-state index in [4.69, 9.17) is 0 Å². The molecule has 2 unspecified atom stereocenters. The number of aryl methyl sites for hydroxylation is 1. The Labute approximate surface area is 320 Å². The number of piperazine rings is 1. The number of dihydropyridines is 1. The van der Waals surface area contributed by atoms with Crippen molar-refractivity contribution in [3.63, 3.8) is 0 Å². The summed E-state index contributed by atoms with van der Waals surface area (Å²) in [7, 11) is 1.75. The van der Waals surface area contributed by atoms with Crippen LogP contribution in [0, 0.1) is 5.92 Å². The third-order valence-electron chi connectivity index (χ3n) is 12.3. The van der Waals surface area contributed by atoms with Crippen molar-refractivity contribution in [3.05, 3.63) is 99.9 Å². The van der Waals surface area contributed by atoms with Crippen LogP contribution >= 0.6 is 0 Å². The molecule has 2 aromatic carbocycles. The fraction of sp³-hybridized carbons (Fsp3) is 0.429. The smallest absolute Gasteiger partial charge is 0.329 e. The van der Waals surface area contributed by atoms with Gasteiger partial charge in [-0.25, -0.2) is 4.79 Å². The number of piperidine rings is 2. The van der Waals surface area contributed by atoms with Crippen molar-refractivity contribution in [2.75, 3.05) is 55.6 Å². The Morgan fingerprint density at radius 2 is 1.56 bits per heavy atom. The number of benzene rings is 2. The normalized spacial score (nSPS) is 23.7. The van der Waals surface area contributed by atoms with Gasteiger partial charge in [0.1, 0.15) is 6.04 Å². The molecule has 5 aliphatic rings. The van der Waals surface area contributed by atoms with Crippen LogP contribution in [-0.2, 0) is 23.1 Å². The molecule has 9 rings (SSSR count). The predicted octanol–water partition coefficient (Wildman–Crippen LogP) is 3.60. The number of nitrogens with one attached hydrogen (secondary N) is 4. The Balaban J connectivity index is 0.768. The van der Waals surface area contributed by atoms with Gasteiger partial charge >= 0.3 is 5.69 Å². The molecule has 5 aliphatic heterocycles. The minimum Gasteiger partial charge on any atom is -0.381 e. The van der Waals surface area contributed by atoms with Gasteiger partial charge in [-0.3, -0.25) is 33.7 Å². The van der Waals surface area contributed by atoms with Crippen LogP contribution < -0.4 is 31.4 Å². The molecule has 55 heavy (non-hydrogen) atoms. The van der Waals surface area contributed by atoms with Crippen LogP contribution in [0.2, 0.25) is 0 Å². The van der Waals surface area contributed by atoms with Crippen molar-refractivity contribution in [1.82, 2.24) is 35.0 Å². The first-order chi connectivity index (χ1) is 26.7. The molecule has 3 saturated heterocycles. The molecule has 13 nitrogen and oxygen atoms in total. The van der Waals surface area contributed by atoms with Crippen molar-refractivity contribution in [2.24, 2.45) is 13.0 Å². The first kappa shape index (κ1) is 35.2. The van der Waals surface area contributed by atoms with E-state index in [2.05, 4.69) is 84.2 Å². The first-order valence-electron chi connectivity index (χ1n) is 19.7. The second-order valence-corrected chi connectivity index (χ2v) is 15.9. The lowest BCUT2D eigenvalue weighted by Gasteiger charge is -2.40. The maximum Gasteiger partial charge on any atom is 0.329 e. The van der Waals surface area contributed by atoms with Crippen LogP contribution in [0.5, 0.6) is 0 Å². The SMILES string of the molecule is C[C@@H]1Cc2[nH]c(C3=CC(c4ccc(N5CCC(CN6CCN(c7ccc8c(c7)n(C)c(=O)n8C7CCC(=O)NC7=O)CC6)CC5)cc4)NC=C3)cc2C(=O)N1. The maximum absolute atomic E-state index is 13.2. The number of H-pyrrole nitrogens is 1. The van der Waals surface area contributed by atoms with E-state index in [1.807, 2.05) is 25.3 Å². The standard InChI is InChI=1S/C42H49N9O4/c1-26-21-35-32(40(53)44-26)24-34(45-35)29-11-14-43-33(22-29)28-3-5-30(6-4-28)49-15-12-27(13-16-49)25-48-17-19-50(20-18-48)31-7-8-36-38(23-31)47(2)42(55)51(36)37-9-10-39(52)46-41(37)54/h3-8,11,14,22-24,26-27,33,37,43,45H,9-10,12-13,15-21,25H2,1-2H3,(H,44,53)(H,46,52,54)/t26-,33?,37?/m1/s1. The van der Waals surface area contributed by atoms with Gasteiger partial charge in [0.25, 0.3) is 5.91 Å². The highest BCUT2D eigenvalue weighted by molar-refractivity contribution is 6.00. The number of fused-ring (bicyclic) bond motifs is 2. The molecule has 0 bridgehead atoms. The van der Waals surface area contributed by atoms with E-state index >= 15 is 0 Å². The first-order valence-corrected chi connectivity index (χ1v) is 19.7. The summed E-state index contributed by atoms with van der Waals surface area (Å²) in [6, 6.07) is 16.5. The highest BCUT2D eigenvalue weighted by Gasteiger charge is 2.32. The molecule has 286 valence electrons. The van der Waals surface area contributed by atoms with Crippen molar-refractivity contribution < 1.29 is 14.4 Å². The number of nitrogens with zero attached hydrogens (tertiary/aromatic N) is 5. The zero-order valence-electron chi connectivity index (χ0n) is 31.5. The van der Waals surface area contributed by atoms with Crippen molar-refractivity contribution in [3.8, 4) is 0 Å². The molecule has 3 atom stereocenters. The number of allylic oxidation sites excluding steroid dienone is 2. The summed E-state index contributed by atoms with van der Waals surface area (Å²) in [5.74, 6) is -0.0309. The number of rotatable bonds is 7. The van der Waals surface area contributed by atoms with Crippen LogP contribution in [-0.4, -0.2) is 88.6 Å². The molecule has 0 spiro atoms. The monoisotopic (exact) mass is 743 g/mol. The van der Waals surface area contributed by atoms with E-state index in [0.717, 1.165) is 91.5 Å². The Morgan fingerprint density at radius 3 is 2.33 bits per heavy atom. The predicted molar refractivity (Wildman–Crippen MR) is 213 cm³/mol. The van der Waals surface area contributed by atoms with Crippen LogP contribution in [0.3, 0.4) is 0 Å². The number of carbonyl (C=O) groups excluding carboxylic acids is 3. The lowest BCUT2D eigenvalue weighted by Crippen LogP contribution is -2.49. The molecule has 2 aromatic heterocycles. The number of aromatic amines is 1. The molecular formula is C42H49N9O4. The quantitative estimate of drug-likeness (QED) is 0.211. The van der Waals surface area contributed by atoms with E-state index in [0.29, 0.717) is 12.3 Å². The van der Waals surface area contributed by atoms with Crippen molar-refractivity contribution in [1.29, 1.82) is 0 Å². The molecule has 0 radical (unpaired) electrons. The van der Waals surface area contributed by atoms with Gasteiger partial charge in [0.15, 0.2) is 0 Å². The number of carbonyl (C=O) groups is 3. The Morgan fingerprint density at radius 1 is 0.818 bits per heavy atom. The largest absolute Gasteiger partial charge is 0.381 e. The molecule has 3 fully saturated rings. The summed E-state index contributed by atoms with van der Waals surface area (Å²) in [6.07, 6.45) is 10.0. The third kappa shape index (κ3) is 6.75. The van der Waals surface area contributed by atoms with E-state index in [-0.39, 0.29) is 36.0 Å². The average molecular weight is 744 g/mol. The topological polar surface area (TPSA) is 140 Å². The van der Waals surface area contributed by atoms with Crippen LogP contribution in [0.15, 0.2) is 71.7 Å². The number of imide groups is 1. The second kappa shape index (κ2) is 14.3. The molecule has 3 amide bonds. The number of aromatic nitrogens is 3. The molecule has 7 heterocycles. The molecule has 4 aromatic rings. The Bertz CT molecular complexity index is 2260. The van der Waals surface area contributed by atoms with Crippen LogP contribution in [0.1, 0.15) is 72.0 Å². The van der Waals surface area contributed by atoms with Gasteiger partial charge < -0.3 is 25.4 Å². The summed E-state index contributed by atoms with van der Waals surface area (Å²) < 4.78 is 3.15. The summed E-state index contributed by atoms with van der Waals surface area (Å²) in [5, 5.41) is 8.90. The van der Waals surface area contributed by atoms with E-state index in [9.17, 15) is 19.2 Å². The van der Waals surface area contributed by atoms with E-state index < -0.39 is 11.9 Å². The van der Waals surface area contributed by atoms with Crippen molar-refractivity contribution >= 4 is 45.7 Å². The zero-order chi connectivity index (χ0) is 37.8. The summed E-state index contributed by atoms with van der Waals surface area (Å²) >= 11 is 0. The third-order valence-corrected chi connectivity index (χ3v) is 12.3. The number of hydrogen-bond donors (Lipinski definition) is 4. The van der Waals surface area contributed by atoms with E-state index in [1.54, 1.807) is 16.2 Å². The van der Waals surface area contributed by atoms with Gasteiger partial charge in [-0.2, -0.15) is 0 Å². The Kier molecular flexibility index (Phi) is 9.12. The molecular weight excluding hydrogens is 695 g/mol. The molecule has 0 saturated carbocycles. The van der Waals surface area contributed by atoms with Gasteiger partial charge in [-0.05, 0) is 98.0 Å². The number of amides is 3. The number of anilines is 2. The zero-order valence-corrected chi connectivity index (χ0v) is 31.5.